The van der Waals surface area contributed by atoms with Crippen LogP contribution >= 0.6 is 15.9 Å². The highest BCUT2D eigenvalue weighted by Gasteiger charge is 2.04. The molecule has 0 amide bonds. The highest BCUT2D eigenvalue weighted by molar-refractivity contribution is 9.10. The van der Waals surface area contributed by atoms with Crippen LogP contribution in [-0.4, -0.2) is 15.0 Å². The van der Waals surface area contributed by atoms with Crippen LogP contribution in [0.3, 0.4) is 0 Å². The number of hydrogen-bond acceptors (Lipinski definition) is 4. The molecular formula is C10H9BrN4O. The van der Waals surface area contributed by atoms with E-state index < -0.39 is 0 Å². The molecule has 0 spiro atoms. The van der Waals surface area contributed by atoms with Gasteiger partial charge >= 0.3 is 0 Å². The van der Waals surface area contributed by atoms with Gasteiger partial charge in [0.2, 0.25) is 0 Å². The van der Waals surface area contributed by atoms with Gasteiger partial charge in [-0.05, 0) is 22.0 Å². The van der Waals surface area contributed by atoms with Crippen LogP contribution in [0, 0.1) is 0 Å². The molecule has 0 bridgehead atoms. The van der Waals surface area contributed by atoms with E-state index in [-0.39, 0.29) is 12.1 Å². The summed E-state index contributed by atoms with van der Waals surface area (Å²) < 4.78 is 0.825. The van der Waals surface area contributed by atoms with Gasteiger partial charge in [0.15, 0.2) is 0 Å². The van der Waals surface area contributed by atoms with Crippen LogP contribution in [0.15, 0.2) is 33.8 Å². The molecule has 2 aromatic heterocycles. The molecule has 0 saturated carbocycles. The Morgan fingerprint density at radius 2 is 2.19 bits per heavy atom. The second kappa shape index (κ2) is 4.54. The Balaban J connectivity index is 2.55. The van der Waals surface area contributed by atoms with Gasteiger partial charge in [0, 0.05) is 35.0 Å². The fourth-order valence-electron chi connectivity index (χ4n) is 1.29. The molecule has 0 radical (unpaired) electrons. The van der Waals surface area contributed by atoms with Gasteiger partial charge in [0.25, 0.3) is 5.56 Å². The third-order valence-corrected chi connectivity index (χ3v) is 2.42. The summed E-state index contributed by atoms with van der Waals surface area (Å²) in [5.41, 5.74) is 6.53. The Morgan fingerprint density at radius 1 is 1.38 bits per heavy atom. The van der Waals surface area contributed by atoms with Gasteiger partial charge in [-0.2, -0.15) is 0 Å². The second-order valence-electron chi connectivity index (χ2n) is 3.18. The van der Waals surface area contributed by atoms with Crippen molar-refractivity contribution in [3.63, 3.8) is 0 Å². The number of pyridine rings is 1. The van der Waals surface area contributed by atoms with Crippen molar-refractivity contribution in [2.24, 2.45) is 5.73 Å². The van der Waals surface area contributed by atoms with Crippen molar-refractivity contribution in [1.29, 1.82) is 0 Å². The Labute approximate surface area is 99.9 Å². The predicted octanol–water partition coefficient (Wildman–Crippen LogP) is 1.05. The highest BCUT2D eigenvalue weighted by atomic mass is 79.9. The standard InChI is InChI=1S/C10H9BrN4O/c11-7-1-6(4-13-5-7)10-14-8(3-12)2-9(16)15-10/h1-2,4-5H,3,12H2,(H,14,15,16). The lowest BCUT2D eigenvalue weighted by atomic mass is 10.2. The third kappa shape index (κ3) is 2.34. The first-order valence-electron chi connectivity index (χ1n) is 4.60. The average Bonchev–Trinajstić information content (AvgIpc) is 2.28. The highest BCUT2D eigenvalue weighted by Crippen LogP contribution is 2.17. The van der Waals surface area contributed by atoms with Crippen LogP contribution in [0.2, 0.25) is 0 Å². The molecule has 0 saturated heterocycles. The first kappa shape index (κ1) is 11.0. The van der Waals surface area contributed by atoms with E-state index in [0.29, 0.717) is 11.5 Å². The second-order valence-corrected chi connectivity index (χ2v) is 4.10. The minimum Gasteiger partial charge on any atom is -0.325 e. The molecule has 16 heavy (non-hydrogen) atoms. The summed E-state index contributed by atoms with van der Waals surface area (Å²) in [5.74, 6) is 0.474. The lowest BCUT2D eigenvalue weighted by Crippen LogP contribution is -2.12. The molecule has 2 rings (SSSR count). The number of aromatic amines is 1. The first-order chi connectivity index (χ1) is 7.69. The van der Waals surface area contributed by atoms with Crippen molar-refractivity contribution >= 4 is 15.9 Å². The molecule has 0 unspecified atom stereocenters. The number of rotatable bonds is 2. The van der Waals surface area contributed by atoms with Gasteiger partial charge in [0.05, 0.1) is 5.69 Å². The van der Waals surface area contributed by atoms with Crippen LogP contribution in [0.4, 0.5) is 0 Å². The number of H-pyrrole nitrogens is 1. The molecule has 0 atom stereocenters. The summed E-state index contributed by atoms with van der Waals surface area (Å²) in [6.07, 6.45) is 3.29. The molecule has 0 fully saturated rings. The SMILES string of the molecule is NCc1cc(=O)[nH]c(-c2cncc(Br)c2)n1. The van der Waals surface area contributed by atoms with Gasteiger partial charge in [-0.15, -0.1) is 0 Å². The van der Waals surface area contributed by atoms with E-state index in [9.17, 15) is 4.79 Å². The monoisotopic (exact) mass is 280 g/mol. The number of nitrogens with zero attached hydrogens (tertiary/aromatic N) is 2. The topological polar surface area (TPSA) is 84.7 Å². The Hall–Kier alpha value is -1.53. The number of nitrogens with two attached hydrogens (primary N) is 1. The van der Waals surface area contributed by atoms with E-state index >= 15 is 0 Å². The normalized spacial score (nSPS) is 10.4. The summed E-state index contributed by atoms with van der Waals surface area (Å²) in [6.45, 7) is 0.234. The predicted molar refractivity (Wildman–Crippen MR) is 63.7 cm³/mol. The summed E-state index contributed by atoms with van der Waals surface area (Å²) in [5, 5.41) is 0. The van der Waals surface area contributed by atoms with Crippen LogP contribution < -0.4 is 11.3 Å². The van der Waals surface area contributed by atoms with Crippen LogP contribution in [0.5, 0.6) is 0 Å². The number of nitrogens with one attached hydrogen (secondary N) is 1. The first-order valence-corrected chi connectivity index (χ1v) is 5.39. The van der Waals surface area contributed by atoms with Gasteiger partial charge in [-0.3, -0.25) is 9.78 Å². The molecule has 0 aliphatic heterocycles. The number of halogens is 1. The molecule has 0 aromatic carbocycles. The van der Waals surface area contributed by atoms with Crippen LogP contribution in [-0.2, 0) is 6.54 Å². The lowest BCUT2D eigenvalue weighted by Gasteiger charge is -2.02. The van der Waals surface area contributed by atoms with E-state index in [1.54, 1.807) is 12.4 Å². The quantitative estimate of drug-likeness (QED) is 0.861. The fourth-order valence-corrected chi connectivity index (χ4v) is 1.66. The molecule has 5 nitrogen and oxygen atoms in total. The largest absolute Gasteiger partial charge is 0.325 e. The summed E-state index contributed by atoms with van der Waals surface area (Å²) in [4.78, 5) is 22.2. The summed E-state index contributed by atoms with van der Waals surface area (Å²) >= 11 is 3.31. The molecule has 6 heteroatoms. The Bertz CT molecular complexity index is 567. The van der Waals surface area contributed by atoms with E-state index in [0.717, 1.165) is 10.0 Å². The average molecular weight is 281 g/mol. The van der Waals surface area contributed by atoms with Gasteiger partial charge < -0.3 is 10.7 Å². The minimum absolute atomic E-state index is 0.217. The Morgan fingerprint density at radius 3 is 2.88 bits per heavy atom. The van der Waals surface area contributed by atoms with Crippen LogP contribution in [0.1, 0.15) is 5.69 Å². The molecule has 3 N–H and O–H groups in total. The van der Waals surface area contributed by atoms with Crippen molar-refractivity contribution in [2.45, 2.75) is 6.54 Å². The minimum atomic E-state index is -0.217. The number of hydrogen-bond donors (Lipinski definition) is 2. The van der Waals surface area contributed by atoms with Crippen molar-refractivity contribution in [3.8, 4) is 11.4 Å². The van der Waals surface area contributed by atoms with E-state index in [1.165, 1.54) is 6.07 Å². The van der Waals surface area contributed by atoms with E-state index in [1.807, 2.05) is 6.07 Å². The summed E-state index contributed by atoms with van der Waals surface area (Å²) in [7, 11) is 0. The maximum absolute atomic E-state index is 11.3. The smallest absolute Gasteiger partial charge is 0.251 e. The van der Waals surface area contributed by atoms with Gasteiger partial charge in [0.1, 0.15) is 5.82 Å². The van der Waals surface area contributed by atoms with E-state index in [2.05, 4.69) is 30.9 Å². The molecule has 2 aromatic rings. The zero-order valence-electron chi connectivity index (χ0n) is 8.27. The fraction of sp³-hybridized carbons (Fsp3) is 0.100. The molecule has 0 aliphatic rings. The van der Waals surface area contributed by atoms with Crippen molar-refractivity contribution in [3.05, 3.63) is 45.0 Å². The zero-order chi connectivity index (χ0) is 11.5. The van der Waals surface area contributed by atoms with E-state index in [4.69, 9.17) is 5.73 Å². The van der Waals surface area contributed by atoms with Crippen molar-refractivity contribution in [1.82, 2.24) is 15.0 Å². The molecular weight excluding hydrogens is 272 g/mol. The maximum Gasteiger partial charge on any atom is 0.251 e. The third-order valence-electron chi connectivity index (χ3n) is 1.98. The number of aromatic nitrogens is 3. The van der Waals surface area contributed by atoms with Crippen LogP contribution in [0.25, 0.3) is 11.4 Å². The van der Waals surface area contributed by atoms with Gasteiger partial charge in [-0.25, -0.2) is 4.98 Å². The molecule has 2 heterocycles. The zero-order valence-corrected chi connectivity index (χ0v) is 9.86. The lowest BCUT2D eigenvalue weighted by molar-refractivity contribution is 0.955. The van der Waals surface area contributed by atoms with Gasteiger partial charge in [-0.1, -0.05) is 0 Å². The van der Waals surface area contributed by atoms with Crippen molar-refractivity contribution < 1.29 is 0 Å². The molecule has 82 valence electrons. The maximum atomic E-state index is 11.3. The summed E-state index contributed by atoms with van der Waals surface area (Å²) in [6, 6.07) is 3.21. The Kier molecular flexibility index (Phi) is 3.12. The van der Waals surface area contributed by atoms with Crippen molar-refractivity contribution in [2.75, 3.05) is 0 Å². The molecule has 0 aliphatic carbocycles.